The largest absolute Gasteiger partial charge is 0.322 e. The van der Waals surface area contributed by atoms with Crippen molar-refractivity contribution in [2.24, 2.45) is 0 Å². The molecule has 2 amide bonds. The maximum absolute atomic E-state index is 13.7. The average Bonchev–Trinajstić information content (AvgIpc) is 3.05. The topological polar surface area (TPSA) is 82.5 Å². The second-order valence-electron chi connectivity index (χ2n) is 5.72. The van der Waals surface area contributed by atoms with Crippen LogP contribution in [-0.2, 0) is 13.0 Å². The predicted molar refractivity (Wildman–Crippen MR) is 85.3 cm³/mol. The molecule has 3 aromatic rings. The van der Waals surface area contributed by atoms with Gasteiger partial charge in [-0.2, -0.15) is 0 Å². The van der Waals surface area contributed by atoms with Crippen LogP contribution in [0.1, 0.15) is 11.3 Å². The second-order valence-corrected chi connectivity index (χ2v) is 5.72. The van der Waals surface area contributed by atoms with Crippen molar-refractivity contribution in [1.82, 2.24) is 19.5 Å². The van der Waals surface area contributed by atoms with Crippen LogP contribution in [0.25, 0.3) is 5.65 Å². The molecule has 9 heteroatoms. The molecule has 1 aliphatic heterocycles. The quantitative estimate of drug-likeness (QED) is 0.707. The number of aromatic nitrogens is 3. The summed E-state index contributed by atoms with van der Waals surface area (Å²) in [5, 5.41) is 5.20. The van der Waals surface area contributed by atoms with Crippen LogP contribution >= 0.6 is 0 Å². The fourth-order valence-electron chi connectivity index (χ4n) is 2.89. The number of halogens is 2. The van der Waals surface area contributed by atoms with Gasteiger partial charge in [0.2, 0.25) is 0 Å². The van der Waals surface area contributed by atoms with Gasteiger partial charge in [-0.05, 0) is 18.6 Å². The molecule has 0 saturated carbocycles. The molecule has 0 radical (unpaired) electrons. The average molecular weight is 345 g/mol. The van der Waals surface area contributed by atoms with E-state index in [4.69, 9.17) is 0 Å². The molecule has 25 heavy (non-hydrogen) atoms. The molecule has 1 aromatic carbocycles. The first-order chi connectivity index (χ1) is 12.0. The third-order valence-electron chi connectivity index (χ3n) is 4.16. The van der Waals surface area contributed by atoms with Gasteiger partial charge in [-0.1, -0.05) is 0 Å². The standard InChI is InChI=1S/C16H13F2N5O2/c17-9-1-2-12(11(18)7-9)21-16(25)22-6-4-10-13(8-22)20-14-3-5-19-23(14)15(10)24/h1-3,5,7,19H,4,6,8H2,(H,21,25). The van der Waals surface area contributed by atoms with Crippen LogP contribution in [-0.4, -0.2) is 32.1 Å². The zero-order valence-corrected chi connectivity index (χ0v) is 12.9. The molecule has 0 bridgehead atoms. The second kappa shape index (κ2) is 5.69. The van der Waals surface area contributed by atoms with Crippen LogP contribution in [0.2, 0.25) is 0 Å². The third-order valence-corrected chi connectivity index (χ3v) is 4.16. The molecule has 128 valence electrons. The number of hydrogen-bond donors (Lipinski definition) is 2. The summed E-state index contributed by atoms with van der Waals surface area (Å²) in [5.74, 6) is -1.57. The van der Waals surface area contributed by atoms with Crippen LogP contribution in [0.5, 0.6) is 0 Å². The van der Waals surface area contributed by atoms with Crippen molar-refractivity contribution >= 4 is 17.4 Å². The van der Waals surface area contributed by atoms with Gasteiger partial charge < -0.3 is 10.2 Å². The van der Waals surface area contributed by atoms with Crippen molar-refractivity contribution in [2.75, 3.05) is 11.9 Å². The highest BCUT2D eigenvalue weighted by Gasteiger charge is 2.25. The first kappa shape index (κ1) is 15.3. The Balaban J connectivity index is 1.58. The summed E-state index contributed by atoms with van der Waals surface area (Å²) >= 11 is 0. The summed E-state index contributed by atoms with van der Waals surface area (Å²) < 4.78 is 28.0. The molecular weight excluding hydrogens is 332 g/mol. The fourth-order valence-corrected chi connectivity index (χ4v) is 2.89. The molecule has 3 heterocycles. The molecule has 0 aliphatic carbocycles. The summed E-state index contributed by atoms with van der Waals surface area (Å²) in [7, 11) is 0. The van der Waals surface area contributed by atoms with Crippen LogP contribution in [0.15, 0.2) is 35.3 Å². The first-order valence-corrected chi connectivity index (χ1v) is 7.62. The van der Waals surface area contributed by atoms with E-state index < -0.39 is 17.7 Å². The van der Waals surface area contributed by atoms with Crippen molar-refractivity contribution in [2.45, 2.75) is 13.0 Å². The van der Waals surface area contributed by atoms with Gasteiger partial charge in [0.15, 0.2) is 5.65 Å². The van der Waals surface area contributed by atoms with Crippen LogP contribution in [0, 0.1) is 11.6 Å². The van der Waals surface area contributed by atoms with E-state index in [-0.39, 0.29) is 17.8 Å². The van der Waals surface area contributed by atoms with E-state index >= 15 is 0 Å². The molecule has 0 spiro atoms. The number of fused-ring (bicyclic) bond motifs is 2. The minimum absolute atomic E-state index is 0.105. The van der Waals surface area contributed by atoms with E-state index in [1.54, 1.807) is 12.3 Å². The monoisotopic (exact) mass is 345 g/mol. The lowest BCUT2D eigenvalue weighted by Crippen LogP contribution is -2.41. The zero-order valence-electron chi connectivity index (χ0n) is 12.9. The molecule has 2 N–H and O–H groups in total. The van der Waals surface area contributed by atoms with Crippen LogP contribution < -0.4 is 10.9 Å². The number of carbonyl (C=O) groups excluding carboxylic acids is 1. The third kappa shape index (κ3) is 2.63. The van der Waals surface area contributed by atoms with Gasteiger partial charge in [0, 0.05) is 30.4 Å². The van der Waals surface area contributed by atoms with Gasteiger partial charge in [-0.25, -0.2) is 23.1 Å². The Hall–Kier alpha value is -3.23. The van der Waals surface area contributed by atoms with Crippen molar-refractivity contribution in [3.8, 4) is 0 Å². The number of amides is 2. The number of anilines is 1. The normalized spacial score (nSPS) is 13.8. The number of H-pyrrole nitrogens is 1. The molecule has 4 rings (SSSR count). The smallest absolute Gasteiger partial charge is 0.318 e. The molecule has 2 aromatic heterocycles. The minimum atomic E-state index is -0.851. The highest BCUT2D eigenvalue weighted by atomic mass is 19.1. The number of rotatable bonds is 1. The van der Waals surface area contributed by atoms with Gasteiger partial charge in [0.05, 0.1) is 17.9 Å². The number of aromatic amines is 1. The minimum Gasteiger partial charge on any atom is -0.318 e. The number of carbonyl (C=O) groups is 1. The van der Waals surface area contributed by atoms with Crippen molar-refractivity contribution in [3.63, 3.8) is 0 Å². The van der Waals surface area contributed by atoms with Crippen molar-refractivity contribution in [1.29, 1.82) is 0 Å². The highest BCUT2D eigenvalue weighted by molar-refractivity contribution is 5.89. The van der Waals surface area contributed by atoms with E-state index in [9.17, 15) is 18.4 Å². The number of benzene rings is 1. The van der Waals surface area contributed by atoms with E-state index in [0.717, 1.165) is 12.1 Å². The molecule has 0 fully saturated rings. The fraction of sp³-hybridized carbons (Fsp3) is 0.188. The van der Waals surface area contributed by atoms with Gasteiger partial charge in [0.1, 0.15) is 11.6 Å². The molecule has 7 nitrogen and oxygen atoms in total. The SMILES string of the molecule is O=C(Nc1ccc(F)cc1F)N1CCc2c(nc3cc[nH]n3c2=O)C1. The molecular formula is C16H13F2N5O2. The summed E-state index contributed by atoms with van der Waals surface area (Å²) in [6, 6.07) is 4.05. The summed E-state index contributed by atoms with van der Waals surface area (Å²) in [6.45, 7) is 0.437. The molecule has 0 atom stereocenters. The number of nitrogens with zero attached hydrogens (tertiary/aromatic N) is 3. The van der Waals surface area contributed by atoms with Gasteiger partial charge in [0.25, 0.3) is 5.56 Å². The Bertz CT molecular complexity index is 1040. The lowest BCUT2D eigenvalue weighted by molar-refractivity contribution is 0.205. The molecule has 0 saturated heterocycles. The summed E-state index contributed by atoms with van der Waals surface area (Å²) in [4.78, 5) is 30.5. The van der Waals surface area contributed by atoms with E-state index in [1.165, 1.54) is 9.42 Å². The summed E-state index contributed by atoms with van der Waals surface area (Å²) in [5.41, 5.74) is 1.25. The predicted octanol–water partition coefficient (Wildman–Crippen LogP) is 1.89. The van der Waals surface area contributed by atoms with Crippen molar-refractivity contribution < 1.29 is 13.6 Å². The number of hydrogen-bond acceptors (Lipinski definition) is 3. The zero-order chi connectivity index (χ0) is 17.6. The Labute approximate surface area is 139 Å². The Kier molecular flexibility index (Phi) is 3.48. The van der Waals surface area contributed by atoms with Crippen LogP contribution in [0.3, 0.4) is 0 Å². The Morgan fingerprint density at radius 3 is 2.92 bits per heavy atom. The lowest BCUT2D eigenvalue weighted by atomic mass is 10.1. The van der Waals surface area contributed by atoms with Gasteiger partial charge in [-0.15, -0.1) is 0 Å². The van der Waals surface area contributed by atoms with Crippen LogP contribution in [0.4, 0.5) is 19.3 Å². The number of urea groups is 1. The summed E-state index contributed by atoms with van der Waals surface area (Å²) in [6.07, 6.45) is 1.96. The van der Waals surface area contributed by atoms with E-state index in [2.05, 4.69) is 15.4 Å². The Morgan fingerprint density at radius 1 is 1.28 bits per heavy atom. The highest BCUT2D eigenvalue weighted by Crippen LogP contribution is 2.19. The Morgan fingerprint density at radius 2 is 2.12 bits per heavy atom. The molecule has 1 aliphatic rings. The van der Waals surface area contributed by atoms with Gasteiger partial charge >= 0.3 is 6.03 Å². The first-order valence-electron chi connectivity index (χ1n) is 7.62. The molecule has 0 unspecified atom stereocenters. The van der Waals surface area contributed by atoms with E-state index in [1.807, 2.05) is 0 Å². The van der Waals surface area contributed by atoms with Gasteiger partial charge in [-0.3, -0.25) is 9.89 Å². The van der Waals surface area contributed by atoms with E-state index in [0.29, 0.717) is 35.9 Å². The number of nitrogens with one attached hydrogen (secondary N) is 2. The van der Waals surface area contributed by atoms with Crippen molar-refractivity contribution in [3.05, 3.63) is 63.7 Å². The maximum atomic E-state index is 13.7. The maximum Gasteiger partial charge on any atom is 0.322 e. The lowest BCUT2D eigenvalue weighted by Gasteiger charge is -2.27.